The lowest BCUT2D eigenvalue weighted by Crippen LogP contribution is -2.37. The summed E-state index contributed by atoms with van der Waals surface area (Å²) in [6.07, 6.45) is 0. The predicted octanol–water partition coefficient (Wildman–Crippen LogP) is 3.18. The van der Waals surface area contributed by atoms with Crippen molar-refractivity contribution in [2.45, 2.75) is 46.1 Å². The summed E-state index contributed by atoms with van der Waals surface area (Å²) in [4.78, 5) is 25.3. The number of carbonyl (C=O) groups excluding carboxylic acids is 2. The molecule has 0 unspecified atom stereocenters. The molecule has 2 aliphatic heterocycles. The monoisotopic (exact) mass is 327 g/mol. The van der Waals surface area contributed by atoms with Gasteiger partial charge in [-0.1, -0.05) is 18.2 Å². The zero-order chi connectivity index (χ0) is 17.6. The molecule has 5 heteroatoms. The van der Waals surface area contributed by atoms with Gasteiger partial charge >= 0.3 is 11.9 Å². The second kappa shape index (κ2) is 5.51. The Labute approximate surface area is 141 Å². The minimum atomic E-state index is -0.616. The number of rotatable bonds is 1. The summed E-state index contributed by atoms with van der Waals surface area (Å²) < 4.78 is 11.0. The third-order valence-electron chi connectivity index (χ3n) is 4.03. The van der Waals surface area contributed by atoms with E-state index in [9.17, 15) is 9.59 Å². The van der Waals surface area contributed by atoms with Crippen LogP contribution in [0.4, 0.5) is 0 Å². The predicted molar refractivity (Wildman–Crippen MR) is 89.2 cm³/mol. The molecule has 0 fully saturated rings. The van der Waals surface area contributed by atoms with Crippen molar-refractivity contribution in [2.75, 3.05) is 0 Å². The zero-order valence-corrected chi connectivity index (χ0v) is 14.5. The normalized spacial score (nSPS) is 20.0. The highest BCUT2D eigenvalue weighted by molar-refractivity contribution is 6.02. The van der Waals surface area contributed by atoms with Crippen LogP contribution in [0.2, 0.25) is 0 Å². The van der Waals surface area contributed by atoms with Crippen molar-refractivity contribution >= 4 is 11.9 Å². The first-order valence-electron chi connectivity index (χ1n) is 7.92. The molecule has 0 aliphatic carbocycles. The lowest BCUT2D eigenvalue weighted by atomic mass is 9.78. The quantitative estimate of drug-likeness (QED) is 0.634. The van der Waals surface area contributed by atoms with E-state index in [1.54, 1.807) is 12.1 Å². The number of hydrogen-bond donors (Lipinski definition) is 1. The van der Waals surface area contributed by atoms with Crippen LogP contribution in [0, 0.1) is 0 Å². The van der Waals surface area contributed by atoms with Gasteiger partial charge in [0.15, 0.2) is 0 Å². The van der Waals surface area contributed by atoms with Crippen LogP contribution < -0.4 is 10.1 Å². The number of nitrogens with one attached hydrogen (secondary N) is 1. The number of carbonyl (C=O) groups is 2. The number of hydrogen-bond acceptors (Lipinski definition) is 5. The fourth-order valence-corrected chi connectivity index (χ4v) is 3.15. The number of benzene rings is 1. The van der Waals surface area contributed by atoms with Crippen molar-refractivity contribution in [3.8, 4) is 5.75 Å². The van der Waals surface area contributed by atoms with Crippen LogP contribution in [0.5, 0.6) is 5.75 Å². The highest BCUT2D eigenvalue weighted by Crippen LogP contribution is 2.45. The average molecular weight is 327 g/mol. The van der Waals surface area contributed by atoms with Crippen molar-refractivity contribution in [2.24, 2.45) is 0 Å². The molecule has 126 valence electrons. The molecule has 1 aromatic rings. The summed E-state index contributed by atoms with van der Waals surface area (Å²) in [5.41, 5.74) is 2.49. The van der Waals surface area contributed by atoms with E-state index in [0.717, 1.165) is 5.56 Å². The molecule has 0 radical (unpaired) electrons. The van der Waals surface area contributed by atoms with Crippen LogP contribution in [0.1, 0.15) is 46.1 Å². The number of para-hydroxylation sites is 1. The van der Waals surface area contributed by atoms with Crippen molar-refractivity contribution in [1.29, 1.82) is 0 Å². The molecule has 3 rings (SSSR count). The van der Waals surface area contributed by atoms with Crippen molar-refractivity contribution in [3.05, 3.63) is 52.4 Å². The SMILES string of the molecule is CC1=C2C(=O)Oc3ccccc3[C@@H]2C(C(=O)OC(C)(C)C)=C(C)N1. The van der Waals surface area contributed by atoms with Gasteiger partial charge in [-0.05, 0) is 40.7 Å². The van der Waals surface area contributed by atoms with E-state index in [2.05, 4.69) is 5.32 Å². The Morgan fingerprint density at radius 2 is 1.83 bits per heavy atom. The molecule has 1 atom stereocenters. The second-order valence-corrected chi connectivity index (χ2v) is 7.06. The summed E-state index contributed by atoms with van der Waals surface area (Å²) in [6, 6.07) is 7.29. The van der Waals surface area contributed by atoms with Gasteiger partial charge in [0.05, 0.1) is 17.1 Å². The molecule has 2 heterocycles. The molecule has 5 nitrogen and oxygen atoms in total. The highest BCUT2D eigenvalue weighted by atomic mass is 16.6. The number of esters is 2. The molecule has 24 heavy (non-hydrogen) atoms. The van der Waals surface area contributed by atoms with Gasteiger partial charge in [-0.2, -0.15) is 0 Å². The first-order valence-corrected chi connectivity index (χ1v) is 7.92. The van der Waals surface area contributed by atoms with Gasteiger partial charge in [0, 0.05) is 17.0 Å². The van der Waals surface area contributed by atoms with Crippen LogP contribution in [0.15, 0.2) is 46.8 Å². The van der Waals surface area contributed by atoms with Crippen LogP contribution in [-0.4, -0.2) is 17.5 Å². The van der Waals surface area contributed by atoms with Crippen molar-refractivity contribution < 1.29 is 19.1 Å². The largest absolute Gasteiger partial charge is 0.457 e. The van der Waals surface area contributed by atoms with E-state index in [4.69, 9.17) is 9.47 Å². The van der Waals surface area contributed by atoms with E-state index in [-0.39, 0.29) is 0 Å². The highest BCUT2D eigenvalue weighted by Gasteiger charge is 2.43. The molecule has 1 aromatic carbocycles. The van der Waals surface area contributed by atoms with E-state index >= 15 is 0 Å². The van der Waals surface area contributed by atoms with Crippen LogP contribution in [0.3, 0.4) is 0 Å². The molecule has 0 aromatic heterocycles. The lowest BCUT2D eigenvalue weighted by Gasteiger charge is -2.35. The molecular formula is C19H21NO4. The van der Waals surface area contributed by atoms with E-state index in [1.165, 1.54) is 0 Å². The Morgan fingerprint density at radius 3 is 2.50 bits per heavy atom. The lowest BCUT2D eigenvalue weighted by molar-refractivity contribution is -0.150. The van der Waals surface area contributed by atoms with Gasteiger partial charge in [-0.15, -0.1) is 0 Å². The maximum atomic E-state index is 12.8. The molecule has 1 N–H and O–H groups in total. The minimum Gasteiger partial charge on any atom is -0.457 e. The van der Waals surface area contributed by atoms with Crippen molar-refractivity contribution in [1.82, 2.24) is 5.32 Å². The smallest absolute Gasteiger partial charge is 0.342 e. The number of ether oxygens (including phenoxy) is 2. The van der Waals surface area contributed by atoms with E-state index in [0.29, 0.717) is 28.3 Å². The Kier molecular flexibility index (Phi) is 3.74. The molecular weight excluding hydrogens is 306 g/mol. The van der Waals surface area contributed by atoms with Gasteiger partial charge in [0.2, 0.25) is 0 Å². The Morgan fingerprint density at radius 1 is 1.17 bits per heavy atom. The van der Waals surface area contributed by atoms with Gasteiger partial charge in [0.1, 0.15) is 11.4 Å². The van der Waals surface area contributed by atoms with Gasteiger partial charge < -0.3 is 14.8 Å². The molecule has 0 amide bonds. The third kappa shape index (κ3) is 2.70. The Balaban J connectivity index is 2.16. The Bertz CT molecular complexity index is 796. The maximum Gasteiger partial charge on any atom is 0.342 e. The summed E-state index contributed by atoms with van der Waals surface area (Å²) in [6.45, 7) is 9.10. The molecule has 0 spiro atoms. The second-order valence-electron chi connectivity index (χ2n) is 7.06. The molecule has 2 aliphatic rings. The molecule has 0 bridgehead atoms. The van der Waals surface area contributed by atoms with Gasteiger partial charge in [0.25, 0.3) is 0 Å². The van der Waals surface area contributed by atoms with E-state index < -0.39 is 23.5 Å². The summed E-state index contributed by atoms with van der Waals surface area (Å²) in [5, 5.41) is 3.11. The standard InChI is InChI=1S/C19H21NO4/c1-10-14-16(12-8-6-7-9-13(12)23-17(14)21)15(11(2)20-10)18(22)24-19(3,4)5/h6-9,16,20H,1-5H3/t16-/m0/s1. The van der Waals surface area contributed by atoms with Gasteiger partial charge in [-0.3, -0.25) is 0 Å². The summed E-state index contributed by atoms with van der Waals surface area (Å²) in [5.74, 6) is -0.845. The van der Waals surface area contributed by atoms with Crippen LogP contribution in [0.25, 0.3) is 0 Å². The zero-order valence-electron chi connectivity index (χ0n) is 14.5. The number of dihydropyridines is 1. The van der Waals surface area contributed by atoms with E-state index in [1.807, 2.05) is 46.8 Å². The number of fused-ring (bicyclic) bond motifs is 3. The fourth-order valence-electron chi connectivity index (χ4n) is 3.15. The van der Waals surface area contributed by atoms with Crippen molar-refractivity contribution in [3.63, 3.8) is 0 Å². The van der Waals surface area contributed by atoms with Crippen LogP contribution >= 0.6 is 0 Å². The third-order valence-corrected chi connectivity index (χ3v) is 4.03. The molecule has 0 saturated heterocycles. The fraction of sp³-hybridized carbons (Fsp3) is 0.368. The molecule has 0 saturated carbocycles. The average Bonchev–Trinajstić information content (AvgIpc) is 2.44. The maximum absolute atomic E-state index is 12.8. The summed E-state index contributed by atoms with van der Waals surface area (Å²) >= 11 is 0. The van der Waals surface area contributed by atoms with Crippen LogP contribution in [-0.2, 0) is 14.3 Å². The topological polar surface area (TPSA) is 64.6 Å². The first kappa shape index (κ1) is 16.3. The Hall–Kier alpha value is -2.56. The first-order chi connectivity index (χ1) is 11.2. The number of allylic oxidation sites excluding steroid dienone is 2. The minimum absolute atomic E-state index is 0.424. The van der Waals surface area contributed by atoms with Gasteiger partial charge in [-0.25, -0.2) is 9.59 Å². The summed E-state index contributed by atoms with van der Waals surface area (Å²) in [7, 11) is 0.